The van der Waals surface area contributed by atoms with E-state index in [2.05, 4.69) is 10.3 Å². The first kappa shape index (κ1) is 20.4. The molecule has 32 heavy (non-hydrogen) atoms. The normalized spacial score (nSPS) is 19.7. The Labute approximate surface area is 189 Å². The van der Waals surface area contributed by atoms with Crippen molar-refractivity contribution in [2.75, 3.05) is 11.5 Å². The molecule has 8 heteroatoms. The summed E-state index contributed by atoms with van der Waals surface area (Å²) in [6.45, 7) is 0.190. The first-order valence-electron chi connectivity index (χ1n) is 10.2. The first-order chi connectivity index (χ1) is 15.5. The molecular weight excluding hydrogens is 428 g/mol. The third-order valence-corrected chi connectivity index (χ3v) is 5.73. The van der Waals surface area contributed by atoms with Crippen LogP contribution in [0.4, 0.5) is 5.69 Å². The molecule has 1 aromatic heterocycles. The number of ether oxygens (including phenoxy) is 1. The molecule has 2 aromatic carbocycles. The Hall–Kier alpha value is -3.55. The van der Waals surface area contributed by atoms with Crippen LogP contribution in [-0.2, 0) is 20.7 Å². The second-order valence-corrected chi connectivity index (χ2v) is 8.11. The number of hydrogen-bond donors (Lipinski definition) is 0. The number of amides is 1. The van der Waals surface area contributed by atoms with Crippen LogP contribution < -0.4 is 4.90 Å². The Morgan fingerprint density at radius 2 is 1.78 bits per heavy atom. The van der Waals surface area contributed by atoms with Crippen LogP contribution >= 0.6 is 11.6 Å². The van der Waals surface area contributed by atoms with E-state index in [0.717, 1.165) is 5.69 Å². The van der Waals surface area contributed by atoms with E-state index in [9.17, 15) is 9.59 Å². The molecular formula is C24H19ClN4O3. The maximum Gasteiger partial charge on any atom is 0.235 e. The lowest BCUT2D eigenvalue weighted by Crippen LogP contribution is -2.60. The zero-order valence-electron chi connectivity index (χ0n) is 17.0. The molecule has 3 aromatic rings. The Morgan fingerprint density at radius 3 is 2.53 bits per heavy atom. The van der Waals surface area contributed by atoms with Gasteiger partial charge in [-0.05, 0) is 54.6 Å². The molecule has 2 aliphatic rings. The van der Waals surface area contributed by atoms with Crippen LogP contribution in [0.3, 0.4) is 0 Å². The summed E-state index contributed by atoms with van der Waals surface area (Å²) in [4.78, 5) is 26.9. The van der Waals surface area contributed by atoms with Gasteiger partial charge in [0.1, 0.15) is 0 Å². The zero-order valence-corrected chi connectivity index (χ0v) is 17.7. The second kappa shape index (κ2) is 8.18. The van der Waals surface area contributed by atoms with E-state index in [1.54, 1.807) is 40.1 Å². The number of nitrogens with zero attached hydrogens (tertiary/aromatic N) is 4. The van der Waals surface area contributed by atoms with E-state index in [0.29, 0.717) is 22.8 Å². The lowest BCUT2D eigenvalue weighted by molar-refractivity contribution is -0.138. The van der Waals surface area contributed by atoms with Gasteiger partial charge in [0.2, 0.25) is 5.91 Å². The van der Waals surface area contributed by atoms with Gasteiger partial charge in [0.05, 0.1) is 30.1 Å². The molecule has 1 aliphatic heterocycles. The average molecular weight is 447 g/mol. The minimum Gasteiger partial charge on any atom is -0.347 e. The van der Waals surface area contributed by atoms with E-state index >= 15 is 0 Å². The van der Waals surface area contributed by atoms with Gasteiger partial charge in [-0.2, -0.15) is 0 Å². The number of carbonyl (C=O) groups is 2. The van der Waals surface area contributed by atoms with Gasteiger partial charge in [0, 0.05) is 17.1 Å². The second-order valence-electron chi connectivity index (χ2n) is 7.68. The molecule has 7 nitrogen and oxygen atoms in total. The molecule has 5 rings (SSSR count). The molecule has 1 unspecified atom stereocenters. The van der Waals surface area contributed by atoms with Crippen LogP contribution in [0.1, 0.15) is 5.69 Å². The first-order valence-corrected chi connectivity index (χ1v) is 10.5. The number of para-hydroxylation sites is 1. The van der Waals surface area contributed by atoms with Crippen molar-refractivity contribution in [1.29, 1.82) is 0 Å². The van der Waals surface area contributed by atoms with Crippen molar-refractivity contribution in [1.82, 2.24) is 15.0 Å². The molecule has 1 saturated heterocycles. The largest absolute Gasteiger partial charge is 0.347 e. The summed E-state index contributed by atoms with van der Waals surface area (Å²) in [6, 6.07) is 16.6. The van der Waals surface area contributed by atoms with Crippen molar-refractivity contribution in [3.63, 3.8) is 0 Å². The van der Waals surface area contributed by atoms with E-state index in [1.165, 1.54) is 12.2 Å². The molecule has 0 saturated carbocycles. The predicted octanol–water partition coefficient (Wildman–Crippen LogP) is 3.53. The van der Waals surface area contributed by atoms with Crippen LogP contribution in [0.25, 0.3) is 5.69 Å². The summed E-state index contributed by atoms with van der Waals surface area (Å²) in [6.07, 6.45) is 8.28. The fourth-order valence-corrected chi connectivity index (χ4v) is 4.11. The smallest absolute Gasteiger partial charge is 0.235 e. The Balaban J connectivity index is 1.42. The number of ketones is 1. The Bertz CT molecular complexity index is 1220. The summed E-state index contributed by atoms with van der Waals surface area (Å²) >= 11 is 6.07. The van der Waals surface area contributed by atoms with Crippen LogP contribution in [0.2, 0.25) is 5.02 Å². The highest BCUT2D eigenvalue weighted by atomic mass is 35.5. The number of rotatable bonds is 4. The van der Waals surface area contributed by atoms with Gasteiger partial charge in [-0.3, -0.25) is 14.5 Å². The highest BCUT2D eigenvalue weighted by Gasteiger charge is 2.46. The number of carbonyl (C=O) groups excluding carboxylic acids is 2. The molecule has 2 heterocycles. The van der Waals surface area contributed by atoms with Crippen molar-refractivity contribution < 1.29 is 14.3 Å². The van der Waals surface area contributed by atoms with E-state index in [4.69, 9.17) is 16.3 Å². The number of benzene rings is 2. The van der Waals surface area contributed by atoms with Crippen molar-refractivity contribution in [3.05, 3.63) is 95.8 Å². The molecule has 1 atom stereocenters. The standard InChI is InChI=1S/C24H19ClN4O3/c25-18-5-4-8-21(14-18)28-15-19(26-27-28)13-17-16-32-24(11-9-22(30)10-12-24)29(23(17)31)20-6-2-1-3-7-20/h1-12,14-15,17H,13,16H2. The van der Waals surface area contributed by atoms with Crippen molar-refractivity contribution >= 4 is 29.0 Å². The molecule has 160 valence electrons. The molecule has 1 amide bonds. The quantitative estimate of drug-likeness (QED) is 0.612. The summed E-state index contributed by atoms with van der Waals surface area (Å²) in [5, 5.41) is 9.01. The van der Waals surface area contributed by atoms with E-state index in [1.807, 2.05) is 42.5 Å². The van der Waals surface area contributed by atoms with Gasteiger partial charge in [-0.25, -0.2) is 4.68 Å². The molecule has 0 bridgehead atoms. The minimum atomic E-state index is -1.12. The summed E-state index contributed by atoms with van der Waals surface area (Å²) in [5.41, 5.74) is 1.02. The maximum absolute atomic E-state index is 13.6. The summed E-state index contributed by atoms with van der Waals surface area (Å²) in [7, 11) is 0. The predicted molar refractivity (Wildman–Crippen MR) is 119 cm³/mol. The fraction of sp³-hybridized carbons (Fsp3) is 0.167. The van der Waals surface area contributed by atoms with Gasteiger partial charge < -0.3 is 4.74 Å². The van der Waals surface area contributed by atoms with E-state index < -0.39 is 11.6 Å². The molecule has 0 N–H and O–H groups in total. The van der Waals surface area contributed by atoms with Crippen LogP contribution in [0.5, 0.6) is 0 Å². The maximum atomic E-state index is 13.6. The van der Waals surface area contributed by atoms with Gasteiger partial charge in [-0.1, -0.05) is 41.1 Å². The van der Waals surface area contributed by atoms with Gasteiger partial charge in [-0.15, -0.1) is 5.10 Å². The number of halogens is 1. The minimum absolute atomic E-state index is 0.108. The fourth-order valence-electron chi connectivity index (χ4n) is 3.93. The highest BCUT2D eigenvalue weighted by Crippen LogP contribution is 2.36. The lowest BCUT2D eigenvalue weighted by Gasteiger charge is -2.46. The lowest BCUT2D eigenvalue weighted by atomic mass is 9.94. The third-order valence-electron chi connectivity index (χ3n) is 5.49. The number of allylic oxidation sites excluding steroid dienone is 2. The SMILES string of the molecule is O=C1C=CC2(C=C1)OCC(Cc1cn(-c3cccc(Cl)c3)nn1)C(=O)N2c1ccccc1. The Kier molecular flexibility index (Phi) is 5.20. The van der Waals surface area contributed by atoms with Gasteiger partial charge in [0.25, 0.3) is 0 Å². The van der Waals surface area contributed by atoms with E-state index in [-0.39, 0.29) is 18.3 Å². The van der Waals surface area contributed by atoms with Gasteiger partial charge >= 0.3 is 0 Å². The van der Waals surface area contributed by atoms with Crippen molar-refractivity contribution in [3.8, 4) is 5.69 Å². The van der Waals surface area contributed by atoms with Gasteiger partial charge in [0.15, 0.2) is 11.5 Å². The molecule has 1 fully saturated rings. The number of anilines is 1. The van der Waals surface area contributed by atoms with Crippen LogP contribution in [0, 0.1) is 5.92 Å². The third kappa shape index (κ3) is 3.77. The number of aromatic nitrogens is 3. The average Bonchev–Trinajstić information content (AvgIpc) is 3.27. The van der Waals surface area contributed by atoms with Crippen molar-refractivity contribution in [2.24, 2.45) is 5.92 Å². The molecule has 1 spiro atoms. The molecule has 0 radical (unpaired) electrons. The molecule has 1 aliphatic carbocycles. The summed E-state index contributed by atoms with van der Waals surface area (Å²) in [5.74, 6) is -0.701. The van der Waals surface area contributed by atoms with Crippen LogP contribution in [0.15, 0.2) is 85.1 Å². The van der Waals surface area contributed by atoms with Crippen LogP contribution in [-0.4, -0.2) is 39.0 Å². The topological polar surface area (TPSA) is 77.3 Å². The zero-order chi connectivity index (χ0) is 22.1. The highest BCUT2D eigenvalue weighted by molar-refractivity contribution is 6.30. The number of hydrogen-bond acceptors (Lipinski definition) is 5. The Morgan fingerprint density at radius 1 is 1.03 bits per heavy atom. The summed E-state index contributed by atoms with van der Waals surface area (Å²) < 4.78 is 7.82. The van der Waals surface area contributed by atoms with Crippen molar-refractivity contribution in [2.45, 2.75) is 12.1 Å². The monoisotopic (exact) mass is 446 g/mol.